The molecule has 0 aromatic heterocycles. The molecule has 0 aliphatic carbocycles. The summed E-state index contributed by atoms with van der Waals surface area (Å²) in [5.74, 6) is -2.99. The molecule has 2 aromatic rings. The quantitative estimate of drug-likeness (QED) is 0.309. The van der Waals surface area contributed by atoms with Crippen LogP contribution in [0.3, 0.4) is 0 Å². The van der Waals surface area contributed by atoms with Gasteiger partial charge in [-0.15, -0.1) is 0 Å². The van der Waals surface area contributed by atoms with Crippen LogP contribution in [0, 0.1) is 5.82 Å². The Kier molecular flexibility index (Phi) is 6.38. The number of Topliss-reactive ketones (excluding diaryl/α,β-unsaturated/α-hetero) is 1. The molecule has 1 aliphatic heterocycles. The normalized spacial score (nSPS) is 18.7. The highest BCUT2D eigenvalue weighted by atomic mass is 32.2. The van der Waals surface area contributed by atoms with Gasteiger partial charge >= 0.3 is 16.1 Å². The molecule has 33 heavy (non-hydrogen) atoms. The van der Waals surface area contributed by atoms with Crippen molar-refractivity contribution < 1.29 is 36.1 Å². The van der Waals surface area contributed by atoms with Crippen molar-refractivity contribution in [2.75, 3.05) is 6.61 Å². The van der Waals surface area contributed by atoms with Crippen molar-refractivity contribution >= 4 is 45.4 Å². The van der Waals surface area contributed by atoms with E-state index in [2.05, 4.69) is 0 Å². The molecule has 1 unspecified atom stereocenters. The van der Waals surface area contributed by atoms with Crippen LogP contribution in [0.1, 0.15) is 28.4 Å². The maximum absolute atomic E-state index is 13.3. The maximum atomic E-state index is 13.3. The van der Waals surface area contributed by atoms with E-state index < -0.39 is 49.4 Å². The SMILES string of the molecule is BC1(c2ccc(C(=O)OCC)cc2)OC(N)=C(OS(=O)(=O)C(B)(B)c2ccc(F)cc2)C1=O. The summed E-state index contributed by atoms with van der Waals surface area (Å²) < 4.78 is 53.4. The minimum absolute atomic E-state index is 0.212. The predicted octanol–water partition coefficient (Wildman–Crippen LogP) is -1.06. The standard InChI is InChI=1S/C20H21B3FNO7S/c1-2-30-18(27)11-3-5-12(6-4-11)19(21)16(26)15(17(25)31-19)32-33(28,29)20(22,23)13-7-9-14(24)10-8-13/h3-10H,2,21-23,25H2,1H3. The summed E-state index contributed by atoms with van der Waals surface area (Å²) in [6.45, 7) is 1.89. The van der Waals surface area contributed by atoms with E-state index in [1.165, 1.54) is 59.9 Å². The molecule has 0 spiro atoms. The molecular weight excluding hydrogens is 450 g/mol. The highest BCUT2D eigenvalue weighted by Gasteiger charge is 2.50. The number of ketones is 1. The van der Waals surface area contributed by atoms with E-state index in [1.807, 2.05) is 0 Å². The topological polar surface area (TPSA) is 122 Å². The summed E-state index contributed by atoms with van der Waals surface area (Å²) in [5, 5.41) is 0. The van der Waals surface area contributed by atoms with Gasteiger partial charge in [0.05, 0.1) is 16.7 Å². The number of rotatable bonds is 7. The van der Waals surface area contributed by atoms with Crippen molar-refractivity contribution in [3.63, 3.8) is 0 Å². The second-order valence-electron chi connectivity index (χ2n) is 8.01. The lowest BCUT2D eigenvalue weighted by Crippen LogP contribution is -2.40. The van der Waals surface area contributed by atoms with Crippen molar-refractivity contribution in [2.45, 2.75) is 17.0 Å². The number of esters is 1. The van der Waals surface area contributed by atoms with Gasteiger partial charge in [0.1, 0.15) is 21.5 Å². The maximum Gasteiger partial charge on any atom is 0.338 e. The first kappa shape index (κ1) is 24.4. The number of hydrogen-bond acceptors (Lipinski definition) is 8. The van der Waals surface area contributed by atoms with E-state index >= 15 is 0 Å². The molecule has 2 N–H and O–H groups in total. The number of benzene rings is 2. The van der Waals surface area contributed by atoms with Gasteiger partial charge in [-0.2, -0.15) is 8.42 Å². The van der Waals surface area contributed by atoms with E-state index in [0.717, 1.165) is 12.1 Å². The van der Waals surface area contributed by atoms with Gasteiger partial charge in [-0.3, -0.25) is 4.79 Å². The van der Waals surface area contributed by atoms with Gasteiger partial charge in [-0.1, -0.05) is 24.3 Å². The summed E-state index contributed by atoms with van der Waals surface area (Å²) in [6, 6.07) is 10.8. The monoisotopic (exact) mass is 471 g/mol. The molecular formula is C20H21B3FNO7S. The fraction of sp³-hybridized carbons (Fsp3) is 0.200. The van der Waals surface area contributed by atoms with Crippen molar-refractivity contribution in [3.8, 4) is 0 Å². The zero-order valence-electron chi connectivity index (χ0n) is 18.5. The van der Waals surface area contributed by atoms with E-state index in [0.29, 0.717) is 5.56 Å². The Balaban J connectivity index is 1.87. The van der Waals surface area contributed by atoms with Crippen molar-refractivity contribution in [3.05, 3.63) is 82.7 Å². The molecule has 8 nitrogen and oxygen atoms in total. The third kappa shape index (κ3) is 4.37. The molecule has 0 bridgehead atoms. The zero-order chi connectivity index (χ0) is 24.6. The van der Waals surface area contributed by atoms with Crippen LogP contribution in [0.15, 0.2) is 60.2 Å². The second-order valence-corrected chi connectivity index (χ2v) is 10.1. The minimum Gasteiger partial charge on any atom is -0.467 e. The summed E-state index contributed by atoms with van der Waals surface area (Å²) in [5.41, 5.74) is 5.03. The van der Waals surface area contributed by atoms with Crippen LogP contribution in [-0.2, 0) is 38.6 Å². The largest absolute Gasteiger partial charge is 0.467 e. The smallest absolute Gasteiger partial charge is 0.338 e. The van der Waals surface area contributed by atoms with Crippen molar-refractivity contribution in [1.29, 1.82) is 0 Å². The van der Waals surface area contributed by atoms with Gasteiger partial charge < -0.3 is 19.4 Å². The third-order valence-electron chi connectivity index (χ3n) is 5.48. The fourth-order valence-corrected chi connectivity index (χ4v) is 4.27. The number of halogens is 1. The minimum atomic E-state index is -4.45. The second kappa shape index (κ2) is 8.62. The van der Waals surface area contributed by atoms with Crippen LogP contribution in [0.25, 0.3) is 0 Å². The van der Waals surface area contributed by atoms with E-state index in [4.69, 9.17) is 19.4 Å². The Morgan fingerprint density at radius 1 is 1.15 bits per heavy atom. The zero-order valence-corrected chi connectivity index (χ0v) is 19.4. The summed E-state index contributed by atoms with van der Waals surface area (Å²) in [6.07, 6.45) is 0. The average molecular weight is 471 g/mol. The lowest BCUT2D eigenvalue weighted by atomic mass is 9.65. The Morgan fingerprint density at radius 3 is 2.27 bits per heavy atom. The molecule has 0 saturated heterocycles. The molecule has 13 heteroatoms. The predicted molar refractivity (Wildman–Crippen MR) is 125 cm³/mol. The molecule has 1 aliphatic rings. The Bertz CT molecular complexity index is 1230. The molecule has 1 heterocycles. The Hall–Kier alpha value is -3.21. The van der Waals surface area contributed by atoms with E-state index in [9.17, 15) is 22.4 Å². The molecule has 0 saturated carbocycles. The molecule has 170 valence electrons. The Morgan fingerprint density at radius 2 is 1.73 bits per heavy atom. The fourth-order valence-electron chi connectivity index (χ4n) is 3.26. The first-order valence-electron chi connectivity index (χ1n) is 10.0. The van der Waals surface area contributed by atoms with Crippen LogP contribution >= 0.6 is 0 Å². The average Bonchev–Trinajstić information content (AvgIpc) is 2.98. The molecule has 1 atom stereocenters. The van der Waals surface area contributed by atoms with Gasteiger partial charge in [-0.25, -0.2) is 9.18 Å². The van der Waals surface area contributed by atoms with Crippen LogP contribution < -0.4 is 5.73 Å². The first-order chi connectivity index (χ1) is 15.3. The summed E-state index contributed by atoms with van der Waals surface area (Å²) in [4.78, 5) is 25.0. The highest BCUT2D eigenvalue weighted by molar-refractivity contribution is 7.90. The lowest BCUT2D eigenvalue weighted by molar-refractivity contribution is -0.126. The molecule has 0 amide bonds. The summed E-state index contributed by atoms with van der Waals surface area (Å²) in [7, 11) is -0.320. The molecule has 0 radical (unpaired) electrons. The van der Waals surface area contributed by atoms with Crippen LogP contribution in [-0.4, -0.2) is 50.3 Å². The number of nitrogens with two attached hydrogens (primary N) is 1. The molecule has 3 rings (SSSR count). The lowest BCUT2D eigenvalue weighted by Gasteiger charge is -2.26. The number of hydrogen-bond donors (Lipinski definition) is 1. The van der Waals surface area contributed by atoms with E-state index in [-0.39, 0.29) is 17.7 Å². The van der Waals surface area contributed by atoms with Gasteiger partial charge in [0.25, 0.3) is 0 Å². The van der Waals surface area contributed by atoms with Gasteiger partial charge in [-0.05, 0) is 42.3 Å². The van der Waals surface area contributed by atoms with Crippen LogP contribution in [0.5, 0.6) is 0 Å². The van der Waals surface area contributed by atoms with Gasteiger partial charge in [0, 0.05) is 0 Å². The first-order valence-corrected chi connectivity index (χ1v) is 11.5. The third-order valence-corrected chi connectivity index (χ3v) is 7.35. The molecule has 0 fully saturated rings. The van der Waals surface area contributed by atoms with Crippen molar-refractivity contribution in [2.24, 2.45) is 5.73 Å². The summed E-state index contributed by atoms with van der Waals surface area (Å²) >= 11 is 0. The number of ether oxygens (including phenoxy) is 2. The number of carbonyl (C=O) groups excluding carboxylic acids is 2. The molecule has 2 aromatic carbocycles. The van der Waals surface area contributed by atoms with Crippen LogP contribution in [0.4, 0.5) is 4.39 Å². The number of carbonyl (C=O) groups is 2. The highest BCUT2D eigenvalue weighted by Crippen LogP contribution is 2.38. The Labute approximate surface area is 193 Å². The van der Waals surface area contributed by atoms with Crippen LogP contribution in [0.2, 0.25) is 0 Å². The van der Waals surface area contributed by atoms with E-state index in [1.54, 1.807) is 6.92 Å². The van der Waals surface area contributed by atoms with Crippen molar-refractivity contribution in [1.82, 2.24) is 0 Å². The van der Waals surface area contributed by atoms with Gasteiger partial charge in [0.2, 0.25) is 17.4 Å². The van der Waals surface area contributed by atoms with Gasteiger partial charge in [0.15, 0.2) is 13.3 Å².